The molecule has 0 aliphatic rings. The van der Waals surface area contributed by atoms with Gasteiger partial charge in [-0.25, -0.2) is 0 Å². The van der Waals surface area contributed by atoms with Crippen LogP contribution in [-0.4, -0.2) is 19.2 Å². The van der Waals surface area contributed by atoms with Crippen molar-refractivity contribution in [3.05, 3.63) is 29.8 Å². The van der Waals surface area contributed by atoms with Crippen LogP contribution >= 0.6 is 0 Å². The van der Waals surface area contributed by atoms with Crippen LogP contribution in [-0.2, 0) is 0 Å². The molecule has 0 fully saturated rings. The molecule has 1 N–H and O–H groups in total. The van der Waals surface area contributed by atoms with Crippen LogP contribution in [0.2, 0.25) is 0 Å². The third-order valence-electron chi connectivity index (χ3n) is 3.67. The minimum Gasteiger partial charge on any atom is -0.493 e. The topological polar surface area (TPSA) is 21.3 Å². The fourth-order valence-electron chi connectivity index (χ4n) is 2.04. The molecule has 1 unspecified atom stereocenters. The van der Waals surface area contributed by atoms with Crippen molar-refractivity contribution < 1.29 is 4.74 Å². The van der Waals surface area contributed by atoms with E-state index in [4.69, 9.17) is 4.74 Å². The average Bonchev–Trinajstić information content (AvgIpc) is 2.43. The van der Waals surface area contributed by atoms with Gasteiger partial charge in [-0.3, -0.25) is 0 Å². The van der Waals surface area contributed by atoms with Crippen molar-refractivity contribution >= 4 is 0 Å². The summed E-state index contributed by atoms with van der Waals surface area (Å²) in [7, 11) is 0. The van der Waals surface area contributed by atoms with E-state index < -0.39 is 0 Å². The van der Waals surface area contributed by atoms with E-state index in [2.05, 4.69) is 71.1 Å². The molecule has 0 saturated carbocycles. The molecule has 0 saturated heterocycles. The number of para-hydroxylation sites is 1. The first-order chi connectivity index (χ1) is 9.35. The van der Waals surface area contributed by atoms with E-state index in [1.165, 1.54) is 5.56 Å². The lowest BCUT2D eigenvalue weighted by molar-refractivity contribution is 0.172. The predicted molar refractivity (Wildman–Crippen MR) is 87.6 cm³/mol. The zero-order chi connectivity index (χ0) is 15.2. The number of hydrogen-bond donors (Lipinski definition) is 1. The molecule has 0 amide bonds. The predicted octanol–water partition coefficient (Wildman–Crippen LogP) is 4.60. The maximum Gasteiger partial charge on any atom is 0.122 e. The molecule has 1 rings (SSSR count). The Labute approximate surface area is 124 Å². The van der Waals surface area contributed by atoms with E-state index >= 15 is 0 Å². The van der Waals surface area contributed by atoms with Gasteiger partial charge in [-0.05, 0) is 24.0 Å². The molecule has 2 heteroatoms. The summed E-state index contributed by atoms with van der Waals surface area (Å²) in [6.45, 7) is 15.0. The van der Waals surface area contributed by atoms with E-state index in [0.717, 1.165) is 25.3 Å². The fourth-order valence-corrected chi connectivity index (χ4v) is 2.04. The quantitative estimate of drug-likeness (QED) is 0.749. The van der Waals surface area contributed by atoms with Gasteiger partial charge in [0.25, 0.3) is 0 Å². The van der Waals surface area contributed by atoms with Crippen LogP contribution in [0.1, 0.15) is 59.4 Å². The first-order valence-electron chi connectivity index (χ1n) is 7.81. The van der Waals surface area contributed by atoms with Crippen LogP contribution in [0.15, 0.2) is 24.3 Å². The van der Waals surface area contributed by atoms with Crippen LogP contribution in [0.3, 0.4) is 0 Å². The molecule has 1 aromatic rings. The summed E-state index contributed by atoms with van der Waals surface area (Å²) in [5.41, 5.74) is 1.45. The van der Waals surface area contributed by atoms with Gasteiger partial charge in [0, 0.05) is 18.0 Å². The maximum atomic E-state index is 6.12. The Hall–Kier alpha value is -1.02. The van der Waals surface area contributed by atoms with Crippen molar-refractivity contribution in [2.24, 2.45) is 5.41 Å². The van der Waals surface area contributed by atoms with Crippen molar-refractivity contribution in [3.8, 4) is 5.75 Å². The molecule has 20 heavy (non-hydrogen) atoms. The number of nitrogens with one attached hydrogen (secondary N) is 1. The maximum absolute atomic E-state index is 6.12. The standard InChI is InChI=1S/C18H31NO/c1-7-15(4)16-10-8-9-11-17(16)20-13-18(5,6)12-19-14(2)3/h8-11,14-15,19H,7,12-13H2,1-6H3. The van der Waals surface area contributed by atoms with Gasteiger partial charge >= 0.3 is 0 Å². The van der Waals surface area contributed by atoms with Gasteiger partial charge < -0.3 is 10.1 Å². The van der Waals surface area contributed by atoms with Gasteiger partial charge in [0.1, 0.15) is 5.75 Å². The lowest BCUT2D eigenvalue weighted by Gasteiger charge is -2.27. The number of ether oxygens (including phenoxy) is 1. The molecule has 1 aromatic carbocycles. The van der Waals surface area contributed by atoms with Crippen molar-refractivity contribution in [3.63, 3.8) is 0 Å². The van der Waals surface area contributed by atoms with Crippen molar-refractivity contribution in [1.82, 2.24) is 5.32 Å². The minimum absolute atomic E-state index is 0.132. The van der Waals surface area contributed by atoms with Crippen LogP contribution in [0.25, 0.3) is 0 Å². The van der Waals surface area contributed by atoms with Gasteiger partial charge in [0.15, 0.2) is 0 Å². The first-order valence-corrected chi connectivity index (χ1v) is 7.81. The van der Waals surface area contributed by atoms with Gasteiger partial charge in [0.05, 0.1) is 6.61 Å². The van der Waals surface area contributed by atoms with E-state index in [1.807, 2.05) is 0 Å². The van der Waals surface area contributed by atoms with Crippen molar-refractivity contribution in [1.29, 1.82) is 0 Å². The van der Waals surface area contributed by atoms with Crippen LogP contribution in [0, 0.1) is 5.41 Å². The van der Waals surface area contributed by atoms with Gasteiger partial charge in [0.2, 0.25) is 0 Å². The van der Waals surface area contributed by atoms with Crippen LogP contribution in [0.5, 0.6) is 5.75 Å². The fraction of sp³-hybridized carbons (Fsp3) is 0.667. The third kappa shape index (κ3) is 5.54. The summed E-state index contributed by atoms with van der Waals surface area (Å²) in [6.07, 6.45) is 1.14. The summed E-state index contributed by atoms with van der Waals surface area (Å²) in [5, 5.41) is 3.49. The molecule has 2 nitrogen and oxygen atoms in total. The molecule has 0 heterocycles. The molecule has 0 spiro atoms. The SMILES string of the molecule is CCC(C)c1ccccc1OCC(C)(C)CNC(C)C. The largest absolute Gasteiger partial charge is 0.493 e. The Morgan fingerprint density at radius 1 is 1.15 bits per heavy atom. The Morgan fingerprint density at radius 2 is 1.80 bits per heavy atom. The average molecular weight is 277 g/mol. The van der Waals surface area contributed by atoms with E-state index in [-0.39, 0.29) is 5.41 Å². The lowest BCUT2D eigenvalue weighted by atomic mass is 9.94. The Bertz CT molecular complexity index is 398. The summed E-state index contributed by atoms with van der Waals surface area (Å²) >= 11 is 0. The number of benzene rings is 1. The second-order valence-electron chi connectivity index (χ2n) is 6.84. The Balaban J connectivity index is 2.65. The number of rotatable bonds is 8. The summed E-state index contributed by atoms with van der Waals surface area (Å²) in [5.74, 6) is 1.59. The number of hydrogen-bond acceptors (Lipinski definition) is 2. The minimum atomic E-state index is 0.132. The molecule has 0 aliphatic carbocycles. The van der Waals surface area contributed by atoms with Crippen LogP contribution in [0.4, 0.5) is 0 Å². The Kier molecular flexibility index (Phi) is 6.54. The van der Waals surface area contributed by atoms with Gasteiger partial charge in [-0.15, -0.1) is 0 Å². The zero-order valence-corrected chi connectivity index (χ0v) is 14.0. The lowest BCUT2D eigenvalue weighted by Crippen LogP contribution is -2.37. The smallest absolute Gasteiger partial charge is 0.122 e. The van der Waals surface area contributed by atoms with E-state index in [0.29, 0.717) is 12.0 Å². The first kappa shape index (κ1) is 17.0. The summed E-state index contributed by atoms with van der Waals surface area (Å²) in [4.78, 5) is 0. The molecule has 0 radical (unpaired) electrons. The second kappa shape index (κ2) is 7.68. The van der Waals surface area contributed by atoms with Gasteiger partial charge in [-0.2, -0.15) is 0 Å². The normalized spacial score (nSPS) is 13.6. The monoisotopic (exact) mass is 277 g/mol. The van der Waals surface area contributed by atoms with Crippen molar-refractivity contribution in [2.75, 3.05) is 13.2 Å². The second-order valence-corrected chi connectivity index (χ2v) is 6.84. The Morgan fingerprint density at radius 3 is 2.40 bits per heavy atom. The molecular weight excluding hydrogens is 246 g/mol. The summed E-state index contributed by atoms with van der Waals surface area (Å²) < 4.78 is 6.12. The van der Waals surface area contributed by atoms with Crippen LogP contribution < -0.4 is 10.1 Å². The highest BCUT2D eigenvalue weighted by atomic mass is 16.5. The van der Waals surface area contributed by atoms with Gasteiger partial charge in [-0.1, -0.05) is 59.7 Å². The van der Waals surface area contributed by atoms with Crippen molar-refractivity contribution in [2.45, 2.75) is 59.9 Å². The highest BCUT2D eigenvalue weighted by molar-refractivity contribution is 5.35. The molecule has 0 bridgehead atoms. The van der Waals surface area contributed by atoms with E-state index in [1.54, 1.807) is 0 Å². The highest BCUT2D eigenvalue weighted by Gasteiger charge is 2.20. The molecule has 0 aliphatic heterocycles. The third-order valence-corrected chi connectivity index (χ3v) is 3.67. The highest BCUT2D eigenvalue weighted by Crippen LogP contribution is 2.29. The summed E-state index contributed by atoms with van der Waals surface area (Å²) in [6, 6.07) is 8.94. The zero-order valence-electron chi connectivity index (χ0n) is 14.0. The molecule has 0 aromatic heterocycles. The van der Waals surface area contributed by atoms with E-state index in [9.17, 15) is 0 Å². The molecule has 1 atom stereocenters. The molecule has 114 valence electrons. The molecular formula is C18H31NO.